The molecule has 1 aliphatic rings. The zero-order valence-corrected chi connectivity index (χ0v) is 12.3. The second-order valence-electron chi connectivity index (χ2n) is 5.74. The van der Waals surface area contributed by atoms with Crippen molar-refractivity contribution >= 4 is 5.95 Å². The lowest BCUT2D eigenvalue weighted by Crippen LogP contribution is -2.42. The number of hydrogen-bond acceptors (Lipinski definition) is 4. The zero-order chi connectivity index (χ0) is 13.8. The van der Waals surface area contributed by atoms with Crippen LogP contribution in [0.5, 0.6) is 0 Å². The van der Waals surface area contributed by atoms with Crippen LogP contribution in [0.15, 0.2) is 6.07 Å². The summed E-state index contributed by atoms with van der Waals surface area (Å²) in [6.07, 6.45) is 4.52. The molecule has 1 aromatic rings. The van der Waals surface area contributed by atoms with Crippen molar-refractivity contribution in [3.05, 3.63) is 17.5 Å². The maximum atomic E-state index is 9.06. The highest BCUT2D eigenvalue weighted by Gasteiger charge is 2.27. The lowest BCUT2D eigenvalue weighted by molar-refractivity contribution is 0.282. The summed E-state index contributed by atoms with van der Waals surface area (Å²) in [7, 11) is 0. The van der Waals surface area contributed by atoms with Gasteiger partial charge in [0.05, 0.1) is 0 Å². The molecular formula is C15H25N3O. The molecule has 0 saturated heterocycles. The number of nitrogens with zero attached hydrogens (tertiary/aromatic N) is 3. The van der Waals surface area contributed by atoms with Crippen molar-refractivity contribution in [2.45, 2.75) is 58.4 Å². The zero-order valence-electron chi connectivity index (χ0n) is 12.3. The lowest BCUT2D eigenvalue weighted by Gasteiger charge is -2.38. The molecule has 1 fully saturated rings. The second kappa shape index (κ2) is 6.33. The fourth-order valence-electron chi connectivity index (χ4n) is 2.39. The third-order valence-electron chi connectivity index (χ3n) is 3.78. The first-order chi connectivity index (χ1) is 9.11. The summed E-state index contributed by atoms with van der Waals surface area (Å²) in [5.74, 6) is 1.27. The summed E-state index contributed by atoms with van der Waals surface area (Å²) >= 11 is 0. The predicted octanol–water partition coefficient (Wildman–Crippen LogP) is 2.65. The molecule has 0 aliphatic heterocycles. The van der Waals surface area contributed by atoms with E-state index in [9.17, 15) is 0 Å². The first kappa shape index (κ1) is 14.3. The summed E-state index contributed by atoms with van der Waals surface area (Å²) in [6, 6.07) is 2.63. The monoisotopic (exact) mass is 263 g/mol. The largest absolute Gasteiger partial charge is 0.396 e. The molecule has 0 atom stereocenters. The van der Waals surface area contributed by atoms with Gasteiger partial charge in [0.15, 0.2) is 0 Å². The van der Waals surface area contributed by atoms with Gasteiger partial charge in [-0.3, -0.25) is 0 Å². The van der Waals surface area contributed by atoms with E-state index in [4.69, 9.17) is 10.1 Å². The Balaban J connectivity index is 2.24. The predicted molar refractivity (Wildman–Crippen MR) is 77.5 cm³/mol. The molecule has 1 N–H and O–H groups in total. The molecule has 19 heavy (non-hydrogen) atoms. The third-order valence-corrected chi connectivity index (χ3v) is 3.78. The molecule has 4 nitrogen and oxygen atoms in total. The Hall–Kier alpha value is -1.16. The average molecular weight is 263 g/mol. The van der Waals surface area contributed by atoms with E-state index >= 15 is 0 Å². The molecule has 1 aliphatic carbocycles. The van der Waals surface area contributed by atoms with E-state index in [0.29, 0.717) is 12.0 Å². The van der Waals surface area contributed by atoms with E-state index < -0.39 is 0 Å². The van der Waals surface area contributed by atoms with Crippen molar-refractivity contribution < 1.29 is 5.11 Å². The average Bonchev–Trinajstić information content (AvgIpc) is 2.31. The van der Waals surface area contributed by atoms with Crippen molar-refractivity contribution in [2.24, 2.45) is 0 Å². The van der Waals surface area contributed by atoms with E-state index in [1.54, 1.807) is 0 Å². The summed E-state index contributed by atoms with van der Waals surface area (Å²) in [5, 5.41) is 9.06. The van der Waals surface area contributed by atoms with Gasteiger partial charge in [0.25, 0.3) is 0 Å². The van der Waals surface area contributed by atoms with Crippen LogP contribution in [0.1, 0.15) is 56.8 Å². The quantitative estimate of drug-likeness (QED) is 0.857. The molecule has 0 radical (unpaired) electrons. The van der Waals surface area contributed by atoms with Crippen LogP contribution in [-0.2, 0) is 0 Å². The van der Waals surface area contributed by atoms with Gasteiger partial charge in [-0.15, -0.1) is 0 Å². The number of hydrogen-bond donors (Lipinski definition) is 1. The summed E-state index contributed by atoms with van der Waals surface area (Å²) in [5.41, 5.74) is 2.14. The molecule has 0 spiro atoms. The van der Waals surface area contributed by atoms with E-state index in [1.165, 1.54) is 19.3 Å². The van der Waals surface area contributed by atoms with Crippen LogP contribution in [0.25, 0.3) is 0 Å². The Morgan fingerprint density at radius 2 is 2.11 bits per heavy atom. The van der Waals surface area contributed by atoms with Gasteiger partial charge in [0, 0.05) is 30.6 Å². The maximum absolute atomic E-state index is 9.06. The summed E-state index contributed by atoms with van der Waals surface area (Å²) < 4.78 is 0. The standard InChI is InChI=1S/C15H25N3O/c1-11(2)14-10-12(3)16-15(17-14)18(8-5-9-19)13-6-4-7-13/h10-11,13,19H,4-9H2,1-3H3. The minimum atomic E-state index is 0.228. The van der Waals surface area contributed by atoms with Crippen molar-refractivity contribution in [1.29, 1.82) is 0 Å². The van der Waals surface area contributed by atoms with Crippen LogP contribution < -0.4 is 4.90 Å². The Labute approximate surface area is 115 Å². The van der Waals surface area contributed by atoms with E-state index in [1.807, 2.05) is 6.92 Å². The molecule has 1 aromatic heterocycles. The normalized spacial score (nSPS) is 15.6. The number of aliphatic hydroxyl groups excluding tert-OH is 1. The van der Waals surface area contributed by atoms with Crippen LogP contribution in [-0.4, -0.2) is 34.3 Å². The van der Waals surface area contributed by atoms with Crippen LogP contribution in [0.4, 0.5) is 5.95 Å². The lowest BCUT2D eigenvalue weighted by atomic mass is 9.91. The molecule has 106 valence electrons. The van der Waals surface area contributed by atoms with Crippen molar-refractivity contribution in [3.8, 4) is 0 Å². The Morgan fingerprint density at radius 1 is 1.37 bits per heavy atom. The molecule has 0 unspecified atom stereocenters. The van der Waals surface area contributed by atoms with Gasteiger partial charge in [-0.05, 0) is 44.6 Å². The van der Waals surface area contributed by atoms with Gasteiger partial charge >= 0.3 is 0 Å². The molecule has 2 rings (SSSR count). The van der Waals surface area contributed by atoms with Gasteiger partial charge in [-0.1, -0.05) is 13.8 Å². The van der Waals surface area contributed by atoms with Crippen molar-refractivity contribution in [3.63, 3.8) is 0 Å². The van der Waals surface area contributed by atoms with Crippen LogP contribution in [0, 0.1) is 6.92 Å². The SMILES string of the molecule is Cc1cc(C(C)C)nc(N(CCCO)C2CCC2)n1. The number of aryl methyl sites for hydroxylation is 1. The van der Waals surface area contributed by atoms with E-state index in [-0.39, 0.29) is 6.61 Å². The van der Waals surface area contributed by atoms with Crippen LogP contribution in [0.2, 0.25) is 0 Å². The highest BCUT2D eigenvalue weighted by atomic mass is 16.3. The number of aliphatic hydroxyl groups is 1. The molecule has 0 bridgehead atoms. The highest BCUT2D eigenvalue weighted by Crippen LogP contribution is 2.28. The van der Waals surface area contributed by atoms with Crippen molar-refractivity contribution in [1.82, 2.24) is 9.97 Å². The van der Waals surface area contributed by atoms with Crippen LogP contribution >= 0.6 is 0 Å². The molecule has 4 heteroatoms. The van der Waals surface area contributed by atoms with E-state index in [0.717, 1.165) is 30.3 Å². The minimum absolute atomic E-state index is 0.228. The Bertz CT molecular complexity index is 416. The Morgan fingerprint density at radius 3 is 2.63 bits per heavy atom. The topological polar surface area (TPSA) is 49.2 Å². The molecule has 1 heterocycles. The Kier molecular flexibility index (Phi) is 4.75. The molecular weight excluding hydrogens is 238 g/mol. The number of anilines is 1. The minimum Gasteiger partial charge on any atom is -0.396 e. The summed E-state index contributed by atoms with van der Waals surface area (Å²) in [6.45, 7) is 7.43. The summed E-state index contributed by atoms with van der Waals surface area (Å²) in [4.78, 5) is 11.6. The first-order valence-corrected chi connectivity index (χ1v) is 7.35. The smallest absolute Gasteiger partial charge is 0.226 e. The van der Waals surface area contributed by atoms with E-state index in [2.05, 4.69) is 29.8 Å². The number of rotatable bonds is 6. The van der Waals surface area contributed by atoms with Crippen LogP contribution in [0.3, 0.4) is 0 Å². The van der Waals surface area contributed by atoms with Crippen molar-refractivity contribution in [2.75, 3.05) is 18.1 Å². The van der Waals surface area contributed by atoms with Gasteiger partial charge < -0.3 is 10.0 Å². The van der Waals surface area contributed by atoms with Gasteiger partial charge in [0.1, 0.15) is 0 Å². The molecule has 0 amide bonds. The van der Waals surface area contributed by atoms with Gasteiger partial charge in [0.2, 0.25) is 5.95 Å². The first-order valence-electron chi connectivity index (χ1n) is 7.35. The molecule has 1 saturated carbocycles. The van der Waals surface area contributed by atoms with Gasteiger partial charge in [-0.25, -0.2) is 9.97 Å². The number of aromatic nitrogens is 2. The maximum Gasteiger partial charge on any atom is 0.226 e. The fraction of sp³-hybridized carbons (Fsp3) is 0.733. The third kappa shape index (κ3) is 3.44. The van der Waals surface area contributed by atoms with Gasteiger partial charge in [-0.2, -0.15) is 0 Å². The fourth-order valence-corrected chi connectivity index (χ4v) is 2.39. The highest BCUT2D eigenvalue weighted by molar-refractivity contribution is 5.35. The second-order valence-corrected chi connectivity index (χ2v) is 5.74. The molecule has 0 aromatic carbocycles.